The van der Waals surface area contributed by atoms with Crippen LogP contribution in [0.5, 0.6) is 0 Å². The van der Waals surface area contributed by atoms with Crippen LogP contribution in [0.3, 0.4) is 0 Å². The standard InChI is InChI=1S/C14H13BrClNO2S/c15-11-7-10(20-13(11)16)8-17-12(14(18)19)6-9-4-2-1-3-5-9/h1-5,7,12,17H,6,8H2,(H,18,19)/t12-/m0/s1. The summed E-state index contributed by atoms with van der Waals surface area (Å²) in [7, 11) is 0. The van der Waals surface area contributed by atoms with Gasteiger partial charge in [0.05, 0.1) is 0 Å². The third-order valence-electron chi connectivity index (χ3n) is 2.80. The highest BCUT2D eigenvalue weighted by atomic mass is 79.9. The maximum absolute atomic E-state index is 11.3. The third kappa shape index (κ3) is 4.31. The molecule has 0 aliphatic rings. The summed E-state index contributed by atoms with van der Waals surface area (Å²) in [6.07, 6.45) is 0.455. The van der Waals surface area contributed by atoms with Gasteiger partial charge in [-0.05, 0) is 34.0 Å². The Morgan fingerprint density at radius 2 is 2.10 bits per heavy atom. The largest absolute Gasteiger partial charge is 0.480 e. The fourth-order valence-corrected chi connectivity index (χ4v) is 3.54. The van der Waals surface area contributed by atoms with E-state index >= 15 is 0 Å². The Morgan fingerprint density at radius 1 is 1.40 bits per heavy atom. The number of thiophene rings is 1. The monoisotopic (exact) mass is 373 g/mol. The molecule has 0 unspecified atom stereocenters. The summed E-state index contributed by atoms with van der Waals surface area (Å²) >= 11 is 10.7. The molecule has 1 atom stereocenters. The molecule has 2 rings (SSSR count). The molecule has 0 radical (unpaired) electrons. The van der Waals surface area contributed by atoms with Crippen molar-refractivity contribution in [2.45, 2.75) is 19.0 Å². The van der Waals surface area contributed by atoms with Crippen molar-refractivity contribution in [2.75, 3.05) is 0 Å². The molecular weight excluding hydrogens is 362 g/mol. The van der Waals surface area contributed by atoms with Crippen LogP contribution in [0.4, 0.5) is 0 Å². The number of carboxylic acids is 1. The van der Waals surface area contributed by atoms with Gasteiger partial charge in [-0.3, -0.25) is 10.1 Å². The van der Waals surface area contributed by atoms with Crippen molar-refractivity contribution in [1.29, 1.82) is 0 Å². The van der Waals surface area contributed by atoms with Crippen LogP contribution in [0, 0.1) is 0 Å². The maximum atomic E-state index is 11.3. The van der Waals surface area contributed by atoms with E-state index in [4.69, 9.17) is 11.6 Å². The van der Waals surface area contributed by atoms with Crippen LogP contribution in [0.25, 0.3) is 0 Å². The minimum atomic E-state index is -0.851. The first kappa shape index (κ1) is 15.5. The van der Waals surface area contributed by atoms with Gasteiger partial charge >= 0.3 is 5.97 Å². The van der Waals surface area contributed by atoms with E-state index in [9.17, 15) is 9.90 Å². The Balaban J connectivity index is 1.97. The average Bonchev–Trinajstić information content (AvgIpc) is 2.74. The highest BCUT2D eigenvalue weighted by Crippen LogP contribution is 2.31. The summed E-state index contributed by atoms with van der Waals surface area (Å²) in [5, 5.41) is 12.3. The number of hydrogen-bond donors (Lipinski definition) is 2. The number of carboxylic acid groups (broad SMARTS) is 1. The van der Waals surface area contributed by atoms with Crippen molar-refractivity contribution in [2.24, 2.45) is 0 Å². The van der Waals surface area contributed by atoms with Crippen LogP contribution in [-0.2, 0) is 17.8 Å². The average molecular weight is 375 g/mol. The van der Waals surface area contributed by atoms with Gasteiger partial charge in [0.2, 0.25) is 0 Å². The summed E-state index contributed by atoms with van der Waals surface area (Å²) in [6, 6.07) is 10.9. The number of nitrogens with one attached hydrogen (secondary N) is 1. The number of aliphatic carboxylic acids is 1. The Bertz CT molecular complexity index is 569. The second-order valence-corrected chi connectivity index (χ2v) is 6.89. The molecule has 20 heavy (non-hydrogen) atoms. The second-order valence-electron chi connectivity index (χ2n) is 4.30. The van der Waals surface area contributed by atoms with Gasteiger partial charge in [-0.25, -0.2) is 0 Å². The zero-order valence-electron chi connectivity index (χ0n) is 10.5. The van der Waals surface area contributed by atoms with Crippen LogP contribution < -0.4 is 5.32 Å². The number of rotatable bonds is 6. The lowest BCUT2D eigenvalue weighted by Gasteiger charge is -2.13. The van der Waals surface area contributed by atoms with E-state index in [-0.39, 0.29) is 0 Å². The van der Waals surface area contributed by atoms with Crippen LogP contribution in [0.2, 0.25) is 4.34 Å². The van der Waals surface area contributed by atoms with Crippen LogP contribution in [0.1, 0.15) is 10.4 Å². The molecule has 6 heteroatoms. The molecule has 0 spiro atoms. The fourth-order valence-electron chi connectivity index (χ4n) is 1.80. The molecule has 2 aromatic rings. The van der Waals surface area contributed by atoms with Crippen molar-refractivity contribution in [1.82, 2.24) is 5.32 Å². The Morgan fingerprint density at radius 3 is 2.65 bits per heavy atom. The van der Waals surface area contributed by atoms with Crippen LogP contribution >= 0.6 is 38.9 Å². The molecule has 2 N–H and O–H groups in total. The number of benzene rings is 1. The first-order chi connectivity index (χ1) is 9.56. The van der Waals surface area contributed by atoms with Gasteiger partial charge < -0.3 is 5.11 Å². The van der Waals surface area contributed by atoms with Crippen molar-refractivity contribution in [3.63, 3.8) is 0 Å². The van der Waals surface area contributed by atoms with Gasteiger partial charge in [0, 0.05) is 15.9 Å². The molecule has 106 valence electrons. The van der Waals surface area contributed by atoms with Gasteiger partial charge in [0.25, 0.3) is 0 Å². The third-order valence-corrected chi connectivity index (χ3v) is 5.27. The molecule has 0 aliphatic heterocycles. The SMILES string of the molecule is O=C(O)[C@H](Cc1ccccc1)NCc1cc(Br)c(Cl)s1. The first-order valence-electron chi connectivity index (χ1n) is 6.00. The van der Waals surface area contributed by atoms with E-state index in [0.717, 1.165) is 14.9 Å². The number of halogens is 2. The maximum Gasteiger partial charge on any atom is 0.321 e. The minimum absolute atomic E-state index is 0.455. The van der Waals surface area contributed by atoms with Gasteiger partial charge in [-0.15, -0.1) is 11.3 Å². The lowest BCUT2D eigenvalue weighted by atomic mass is 10.1. The van der Waals surface area contributed by atoms with E-state index in [1.54, 1.807) is 0 Å². The topological polar surface area (TPSA) is 49.3 Å². The molecule has 0 saturated heterocycles. The molecule has 0 aliphatic carbocycles. The molecule has 0 saturated carbocycles. The fraction of sp³-hybridized carbons (Fsp3) is 0.214. The summed E-state index contributed by atoms with van der Waals surface area (Å²) in [4.78, 5) is 12.3. The smallest absolute Gasteiger partial charge is 0.321 e. The van der Waals surface area contributed by atoms with Crippen LogP contribution in [-0.4, -0.2) is 17.1 Å². The van der Waals surface area contributed by atoms with Crippen molar-refractivity contribution in [3.8, 4) is 0 Å². The van der Waals surface area contributed by atoms with E-state index in [1.165, 1.54) is 11.3 Å². The summed E-state index contributed by atoms with van der Waals surface area (Å²) in [6.45, 7) is 0.486. The second kappa shape index (κ2) is 7.22. The van der Waals surface area contributed by atoms with Crippen molar-refractivity contribution in [3.05, 3.63) is 55.6 Å². The highest BCUT2D eigenvalue weighted by Gasteiger charge is 2.17. The molecule has 0 amide bonds. The summed E-state index contributed by atoms with van der Waals surface area (Å²) in [5.74, 6) is -0.851. The quantitative estimate of drug-likeness (QED) is 0.805. The first-order valence-corrected chi connectivity index (χ1v) is 7.99. The zero-order valence-corrected chi connectivity index (χ0v) is 13.6. The lowest BCUT2D eigenvalue weighted by Crippen LogP contribution is -2.37. The predicted molar refractivity (Wildman–Crippen MR) is 85.4 cm³/mol. The lowest BCUT2D eigenvalue weighted by molar-refractivity contribution is -0.139. The molecule has 1 heterocycles. The van der Waals surface area contributed by atoms with E-state index in [2.05, 4.69) is 21.2 Å². The Labute approximate surface area is 134 Å². The number of hydrogen-bond acceptors (Lipinski definition) is 3. The molecule has 1 aromatic carbocycles. The molecule has 1 aromatic heterocycles. The minimum Gasteiger partial charge on any atom is -0.480 e. The molecular formula is C14H13BrClNO2S. The van der Waals surface area contributed by atoms with Gasteiger partial charge in [-0.1, -0.05) is 41.9 Å². The summed E-state index contributed by atoms with van der Waals surface area (Å²) < 4.78 is 1.52. The van der Waals surface area contributed by atoms with E-state index in [1.807, 2.05) is 36.4 Å². The normalized spacial score (nSPS) is 12.3. The van der Waals surface area contributed by atoms with Crippen molar-refractivity contribution >= 4 is 44.8 Å². The van der Waals surface area contributed by atoms with Crippen LogP contribution in [0.15, 0.2) is 40.9 Å². The van der Waals surface area contributed by atoms with Gasteiger partial charge in [0.1, 0.15) is 10.4 Å². The molecule has 3 nitrogen and oxygen atoms in total. The number of carbonyl (C=O) groups is 1. The molecule has 0 fully saturated rings. The zero-order chi connectivity index (χ0) is 14.5. The predicted octanol–water partition coefficient (Wildman–Crippen LogP) is 3.95. The summed E-state index contributed by atoms with van der Waals surface area (Å²) in [5.41, 5.74) is 0.998. The Hall–Kier alpha value is -0.880. The van der Waals surface area contributed by atoms with E-state index < -0.39 is 12.0 Å². The van der Waals surface area contributed by atoms with Crippen molar-refractivity contribution < 1.29 is 9.90 Å². The Kier molecular flexibility index (Phi) is 5.60. The highest BCUT2D eigenvalue weighted by molar-refractivity contribution is 9.10. The van der Waals surface area contributed by atoms with Gasteiger partial charge in [-0.2, -0.15) is 0 Å². The van der Waals surface area contributed by atoms with Gasteiger partial charge in [0.15, 0.2) is 0 Å². The molecule has 0 bridgehead atoms. The van der Waals surface area contributed by atoms with E-state index in [0.29, 0.717) is 17.3 Å².